The van der Waals surface area contributed by atoms with Crippen LogP contribution in [0.15, 0.2) is 53.7 Å². The SMILES string of the molecule is C=CCCCC(=CO[Si](C(C)C)(C(C)C)C(C)C)CC1CN2C(=O)O[C@@H]3COC4N(S(=O)(=O)c5ccc(C)cc5)CCC1C432. The molecule has 244 valence electrons. The molecule has 0 radical (unpaired) electrons. The lowest BCUT2D eigenvalue weighted by atomic mass is 9.71. The molecule has 4 heterocycles. The molecule has 44 heavy (non-hydrogen) atoms. The number of piperidine rings is 1. The lowest BCUT2D eigenvalue weighted by Crippen LogP contribution is -2.66. The van der Waals surface area contributed by atoms with Crippen LogP contribution in [0.3, 0.4) is 0 Å². The van der Waals surface area contributed by atoms with Gasteiger partial charge in [0.05, 0.1) is 17.8 Å². The van der Waals surface area contributed by atoms with Crippen molar-refractivity contribution in [1.82, 2.24) is 9.21 Å². The molecule has 1 spiro atoms. The summed E-state index contributed by atoms with van der Waals surface area (Å²) in [7, 11) is -5.96. The summed E-state index contributed by atoms with van der Waals surface area (Å²) in [6.07, 6.45) is 6.70. The van der Waals surface area contributed by atoms with Crippen molar-refractivity contribution in [2.24, 2.45) is 11.8 Å². The van der Waals surface area contributed by atoms with E-state index in [9.17, 15) is 13.2 Å². The number of allylic oxidation sites excluding steroid dienone is 2. The Morgan fingerprint density at radius 1 is 1.14 bits per heavy atom. The number of nitrogens with zero attached hydrogens (tertiary/aromatic N) is 2. The maximum absolute atomic E-state index is 14.0. The molecule has 10 heteroatoms. The highest BCUT2D eigenvalue weighted by Gasteiger charge is 2.75. The largest absolute Gasteiger partial charge is 0.548 e. The molecule has 0 aliphatic carbocycles. The first-order valence-corrected chi connectivity index (χ1v) is 20.0. The summed E-state index contributed by atoms with van der Waals surface area (Å²) in [5, 5.41) is 0. The maximum atomic E-state index is 14.0. The minimum Gasteiger partial charge on any atom is -0.548 e. The fraction of sp³-hybridized carbons (Fsp3) is 0.676. The van der Waals surface area contributed by atoms with Crippen LogP contribution < -0.4 is 0 Å². The molecule has 0 bridgehead atoms. The predicted molar refractivity (Wildman–Crippen MR) is 175 cm³/mol. The highest BCUT2D eigenvalue weighted by Crippen LogP contribution is 2.58. The van der Waals surface area contributed by atoms with Gasteiger partial charge >= 0.3 is 6.09 Å². The van der Waals surface area contributed by atoms with E-state index in [2.05, 4.69) is 54.4 Å². The van der Waals surface area contributed by atoms with E-state index in [1.54, 1.807) is 12.1 Å². The van der Waals surface area contributed by atoms with Crippen molar-refractivity contribution >= 4 is 24.4 Å². The monoisotopic (exact) mass is 644 g/mol. The van der Waals surface area contributed by atoms with Crippen LogP contribution in [-0.4, -0.2) is 69.6 Å². The standard InChI is InChI=1S/C34H52N2O6SSi/c1-9-10-11-12-27(21-41-44(23(2)3,24(4)5)25(6)7)19-28-20-35-33(37)42-31-22-40-32-34(31,35)30(28)17-18-36(32)43(38,39)29-15-13-26(8)14-16-29/h9,13-16,21,23-25,28,30-32H,1,10-12,17-20,22H2,2-8H3/t28?,30?,31-,32?,34?/m1/s1. The van der Waals surface area contributed by atoms with Crippen molar-refractivity contribution < 1.29 is 27.1 Å². The summed E-state index contributed by atoms with van der Waals surface area (Å²) < 4.78 is 48.5. The van der Waals surface area contributed by atoms with Crippen LogP contribution in [0, 0.1) is 18.8 Å². The molecule has 4 aliphatic heterocycles. The number of carbonyl (C=O) groups excluding carboxylic acids is 1. The molecule has 4 aliphatic rings. The topological polar surface area (TPSA) is 85.4 Å². The van der Waals surface area contributed by atoms with Crippen molar-refractivity contribution in [3.8, 4) is 0 Å². The van der Waals surface area contributed by atoms with Crippen molar-refractivity contribution in [1.29, 1.82) is 0 Å². The summed E-state index contributed by atoms with van der Waals surface area (Å²) in [5.41, 5.74) is 2.84. The van der Waals surface area contributed by atoms with Gasteiger partial charge in [-0.25, -0.2) is 13.2 Å². The van der Waals surface area contributed by atoms with Crippen molar-refractivity contribution in [3.63, 3.8) is 0 Å². The Morgan fingerprint density at radius 3 is 2.41 bits per heavy atom. The Labute approximate surface area is 266 Å². The Kier molecular flexibility index (Phi) is 9.49. The first-order valence-electron chi connectivity index (χ1n) is 16.5. The molecule has 8 nitrogen and oxygen atoms in total. The van der Waals surface area contributed by atoms with Gasteiger partial charge in [0.25, 0.3) is 8.32 Å². The third-order valence-electron chi connectivity index (χ3n) is 10.9. The first kappa shape index (κ1) is 33.2. The Balaban J connectivity index is 1.46. The van der Waals surface area contributed by atoms with Gasteiger partial charge in [-0.15, -0.1) is 6.58 Å². The molecule has 0 aromatic heterocycles. The van der Waals surface area contributed by atoms with E-state index in [1.807, 2.05) is 30.0 Å². The molecule has 1 aromatic carbocycles. The molecular formula is C34H52N2O6SSi. The van der Waals surface area contributed by atoms with E-state index in [4.69, 9.17) is 13.9 Å². The van der Waals surface area contributed by atoms with Gasteiger partial charge in [0.2, 0.25) is 10.0 Å². The minimum absolute atomic E-state index is 0.0565. The van der Waals surface area contributed by atoms with E-state index in [0.29, 0.717) is 36.1 Å². The van der Waals surface area contributed by atoms with Crippen LogP contribution in [0.2, 0.25) is 16.6 Å². The van der Waals surface area contributed by atoms with Gasteiger partial charge < -0.3 is 13.9 Å². The number of benzene rings is 1. The highest BCUT2D eigenvalue weighted by molar-refractivity contribution is 7.89. The lowest BCUT2D eigenvalue weighted by Gasteiger charge is -2.47. The van der Waals surface area contributed by atoms with E-state index in [-0.39, 0.29) is 29.4 Å². The van der Waals surface area contributed by atoms with Crippen LogP contribution in [0.25, 0.3) is 0 Å². The fourth-order valence-corrected chi connectivity index (χ4v) is 15.8. The molecule has 0 saturated carbocycles. The Bertz CT molecular complexity index is 1340. The van der Waals surface area contributed by atoms with Gasteiger partial charge in [-0.2, -0.15) is 4.31 Å². The van der Waals surface area contributed by atoms with E-state index in [1.165, 1.54) is 9.88 Å². The smallest absolute Gasteiger partial charge is 0.410 e. The zero-order chi connectivity index (χ0) is 32.0. The van der Waals surface area contributed by atoms with Crippen LogP contribution in [0.5, 0.6) is 0 Å². The van der Waals surface area contributed by atoms with Gasteiger partial charge in [0.15, 0.2) is 12.3 Å². The van der Waals surface area contributed by atoms with E-state index < -0.39 is 36.2 Å². The molecule has 4 saturated heterocycles. The molecule has 4 fully saturated rings. The molecule has 5 atom stereocenters. The van der Waals surface area contributed by atoms with Gasteiger partial charge in [0.1, 0.15) is 5.54 Å². The number of carbonyl (C=O) groups is 1. The second-order valence-electron chi connectivity index (χ2n) is 14.2. The van der Waals surface area contributed by atoms with Gasteiger partial charge in [0, 0.05) is 13.1 Å². The number of hydrogen-bond donors (Lipinski definition) is 0. The van der Waals surface area contributed by atoms with Crippen LogP contribution >= 0.6 is 0 Å². The molecule has 4 unspecified atom stereocenters. The lowest BCUT2D eigenvalue weighted by molar-refractivity contribution is -0.0736. The van der Waals surface area contributed by atoms with Crippen molar-refractivity contribution in [2.75, 3.05) is 19.7 Å². The number of ether oxygens (including phenoxy) is 2. The summed E-state index contributed by atoms with van der Waals surface area (Å²) in [4.78, 5) is 15.4. The quantitative estimate of drug-likeness (QED) is 0.0965. The summed E-state index contributed by atoms with van der Waals surface area (Å²) in [6, 6.07) is 6.94. The number of sulfonamides is 1. The van der Waals surface area contributed by atoms with Crippen LogP contribution in [-0.2, 0) is 23.9 Å². The summed E-state index contributed by atoms with van der Waals surface area (Å²) in [5.74, 6) is 0.214. The molecular weight excluding hydrogens is 593 g/mol. The second-order valence-corrected chi connectivity index (χ2v) is 21.5. The molecule has 1 aromatic rings. The average Bonchev–Trinajstić information content (AvgIpc) is 3.57. The Morgan fingerprint density at radius 2 is 1.80 bits per heavy atom. The molecule has 5 rings (SSSR count). The van der Waals surface area contributed by atoms with Gasteiger partial charge in [-0.3, -0.25) is 4.90 Å². The molecule has 1 amide bonds. The van der Waals surface area contributed by atoms with Gasteiger partial charge in [-0.1, -0.05) is 65.3 Å². The number of amides is 1. The fourth-order valence-electron chi connectivity index (χ4n) is 9.05. The summed E-state index contributed by atoms with van der Waals surface area (Å²) >= 11 is 0. The first-order chi connectivity index (χ1) is 20.8. The maximum Gasteiger partial charge on any atom is 0.410 e. The molecule has 0 N–H and O–H groups in total. The number of hydrogen-bond acceptors (Lipinski definition) is 6. The zero-order valence-electron chi connectivity index (χ0n) is 27.6. The van der Waals surface area contributed by atoms with Crippen LogP contribution in [0.1, 0.15) is 79.2 Å². The number of rotatable bonds is 13. The second kappa shape index (κ2) is 12.6. The van der Waals surface area contributed by atoms with Crippen molar-refractivity contribution in [2.45, 2.75) is 120 Å². The average molecular weight is 645 g/mol. The van der Waals surface area contributed by atoms with E-state index >= 15 is 0 Å². The normalized spacial score (nSPS) is 29.0. The van der Waals surface area contributed by atoms with Crippen molar-refractivity contribution in [3.05, 3.63) is 54.3 Å². The Hall–Kier alpha value is -2.14. The van der Waals surface area contributed by atoms with Crippen LogP contribution in [0.4, 0.5) is 4.79 Å². The summed E-state index contributed by atoms with van der Waals surface area (Å²) in [6.45, 7) is 20.7. The number of unbranched alkanes of at least 4 members (excludes halogenated alkanes) is 1. The third kappa shape index (κ3) is 5.27. The zero-order valence-corrected chi connectivity index (χ0v) is 29.4. The van der Waals surface area contributed by atoms with E-state index in [0.717, 1.165) is 31.2 Å². The number of aryl methyl sites for hydroxylation is 1. The third-order valence-corrected chi connectivity index (χ3v) is 18.7. The highest BCUT2D eigenvalue weighted by atomic mass is 32.2. The minimum atomic E-state index is -3.84. The van der Waals surface area contributed by atoms with Gasteiger partial charge in [-0.05, 0) is 85.2 Å². The predicted octanol–water partition coefficient (Wildman–Crippen LogP) is 7.37.